The number of nitrogens with one attached hydrogen (secondary N) is 1. The lowest BCUT2D eigenvalue weighted by Crippen LogP contribution is -2.08. The number of carbonyl (C=O) groups is 1. The van der Waals surface area contributed by atoms with Gasteiger partial charge in [-0.2, -0.15) is 0 Å². The second-order valence-corrected chi connectivity index (χ2v) is 5.66. The van der Waals surface area contributed by atoms with Crippen molar-refractivity contribution in [1.29, 1.82) is 0 Å². The molecule has 2 rings (SSSR count). The van der Waals surface area contributed by atoms with Crippen LogP contribution in [0.3, 0.4) is 0 Å². The third kappa shape index (κ3) is 4.69. The lowest BCUT2D eigenvalue weighted by molar-refractivity contribution is -0.384. The van der Waals surface area contributed by atoms with Gasteiger partial charge >= 0.3 is 0 Å². The average Bonchev–Trinajstić information content (AvgIpc) is 2.48. The molecule has 0 saturated carbocycles. The fourth-order valence-electron chi connectivity index (χ4n) is 1.70. The van der Waals surface area contributed by atoms with Gasteiger partial charge in [-0.15, -0.1) is 0 Å². The van der Waals surface area contributed by atoms with E-state index in [1.165, 1.54) is 24.3 Å². The number of rotatable bonds is 4. The van der Waals surface area contributed by atoms with E-state index < -0.39 is 10.8 Å². The Morgan fingerprint density at radius 2 is 1.83 bits per heavy atom. The fraction of sp³-hybridized carbons (Fsp3) is 0. The van der Waals surface area contributed by atoms with Crippen molar-refractivity contribution in [3.8, 4) is 0 Å². The van der Waals surface area contributed by atoms with Crippen LogP contribution in [0.15, 0.2) is 42.5 Å². The molecule has 0 aliphatic carbocycles. The molecule has 0 heterocycles. The van der Waals surface area contributed by atoms with E-state index in [-0.39, 0.29) is 16.4 Å². The molecule has 2 aromatic rings. The van der Waals surface area contributed by atoms with E-state index in [9.17, 15) is 14.9 Å². The molecule has 1 N–H and O–H groups in total. The molecule has 0 unspecified atom stereocenters. The van der Waals surface area contributed by atoms with Crippen molar-refractivity contribution in [2.24, 2.45) is 0 Å². The number of non-ortho nitro benzene ring substituents is 1. The highest BCUT2D eigenvalue weighted by Crippen LogP contribution is 2.27. The van der Waals surface area contributed by atoms with Gasteiger partial charge in [0, 0.05) is 28.3 Å². The third-order valence-electron chi connectivity index (χ3n) is 2.80. The van der Waals surface area contributed by atoms with Crippen LogP contribution >= 0.6 is 34.8 Å². The molecule has 0 saturated heterocycles. The van der Waals surface area contributed by atoms with Crippen LogP contribution in [0.1, 0.15) is 5.56 Å². The Balaban J connectivity index is 2.10. The number of anilines is 1. The summed E-state index contributed by atoms with van der Waals surface area (Å²) < 4.78 is 0. The predicted octanol–water partition coefficient (Wildman–Crippen LogP) is 5.21. The molecule has 0 radical (unpaired) electrons. The van der Waals surface area contributed by atoms with Gasteiger partial charge < -0.3 is 5.32 Å². The van der Waals surface area contributed by atoms with E-state index in [0.29, 0.717) is 15.6 Å². The molecular weight excluding hydrogens is 363 g/mol. The monoisotopic (exact) mass is 370 g/mol. The van der Waals surface area contributed by atoms with Crippen LogP contribution in [0.4, 0.5) is 11.4 Å². The Kier molecular flexibility index (Phi) is 5.60. The Morgan fingerprint density at radius 3 is 2.43 bits per heavy atom. The standard InChI is InChI=1S/C15H9Cl3N2O3/c16-10-3-1-9(12(17)7-10)2-6-15(21)19-14-5-4-11(20(22)23)8-13(14)18/h1-8H,(H,19,21). The van der Waals surface area contributed by atoms with Crippen LogP contribution in [0.2, 0.25) is 15.1 Å². The summed E-state index contributed by atoms with van der Waals surface area (Å²) in [6.45, 7) is 0. The van der Waals surface area contributed by atoms with Crippen molar-refractivity contribution < 1.29 is 9.72 Å². The molecular formula is C15H9Cl3N2O3. The second-order valence-electron chi connectivity index (χ2n) is 4.41. The number of halogens is 3. The summed E-state index contributed by atoms with van der Waals surface area (Å²) in [5.74, 6) is -0.452. The number of nitro groups is 1. The van der Waals surface area contributed by atoms with E-state index in [4.69, 9.17) is 34.8 Å². The van der Waals surface area contributed by atoms with Crippen LogP contribution < -0.4 is 5.32 Å². The van der Waals surface area contributed by atoms with Gasteiger partial charge in [0.1, 0.15) is 0 Å². The largest absolute Gasteiger partial charge is 0.321 e. The summed E-state index contributed by atoms with van der Waals surface area (Å²) in [5, 5.41) is 14.1. The molecule has 0 atom stereocenters. The molecule has 0 aliphatic rings. The molecule has 0 aromatic heterocycles. The highest BCUT2D eigenvalue weighted by molar-refractivity contribution is 6.35. The van der Waals surface area contributed by atoms with Crippen molar-refractivity contribution in [2.45, 2.75) is 0 Å². The third-order valence-corrected chi connectivity index (χ3v) is 3.67. The summed E-state index contributed by atoms with van der Waals surface area (Å²) >= 11 is 17.7. The van der Waals surface area contributed by atoms with Gasteiger partial charge in [0.05, 0.1) is 15.6 Å². The Morgan fingerprint density at radius 1 is 1.09 bits per heavy atom. The maximum atomic E-state index is 11.9. The van der Waals surface area contributed by atoms with Crippen molar-refractivity contribution in [2.75, 3.05) is 5.32 Å². The first-order valence-corrected chi connectivity index (χ1v) is 7.38. The Hall–Kier alpha value is -2.08. The molecule has 0 aliphatic heterocycles. The molecule has 0 fully saturated rings. The molecule has 5 nitrogen and oxygen atoms in total. The summed E-state index contributed by atoms with van der Waals surface area (Å²) in [6.07, 6.45) is 2.79. The minimum atomic E-state index is -0.570. The second kappa shape index (κ2) is 7.46. The van der Waals surface area contributed by atoms with Gasteiger partial charge in [0.2, 0.25) is 5.91 Å². The highest BCUT2D eigenvalue weighted by atomic mass is 35.5. The maximum Gasteiger partial charge on any atom is 0.271 e. The average molecular weight is 372 g/mol. The van der Waals surface area contributed by atoms with Gasteiger partial charge in [-0.1, -0.05) is 40.9 Å². The number of nitro benzene ring substituents is 1. The van der Waals surface area contributed by atoms with Crippen LogP contribution in [0, 0.1) is 10.1 Å². The van der Waals surface area contributed by atoms with Crippen LogP contribution in [-0.4, -0.2) is 10.8 Å². The number of carbonyl (C=O) groups excluding carboxylic acids is 1. The van der Waals surface area contributed by atoms with Crippen molar-refractivity contribution >= 4 is 58.2 Å². The lowest BCUT2D eigenvalue weighted by Gasteiger charge is -2.04. The normalized spacial score (nSPS) is 10.7. The molecule has 8 heteroatoms. The zero-order valence-electron chi connectivity index (χ0n) is 11.4. The lowest BCUT2D eigenvalue weighted by atomic mass is 10.2. The summed E-state index contributed by atoms with van der Waals surface area (Å²) in [7, 11) is 0. The number of amides is 1. The van der Waals surface area contributed by atoms with E-state index in [2.05, 4.69) is 5.32 Å². The van der Waals surface area contributed by atoms with E-state index in [0.717, 1.165) is 6.07 Å². The number of nitrogens with zero attached hydrogens (tertiary/aromatic N) is 1. The molecule has 118 valence electrons. The van der Waals surface area contributed by atoms with Gasteiger partial charge in [-0.25, -0.2) is 0 Å². The smallest absolute Gasteiger partial charge is 0.271 e. The first kappa shape index (κ1) is 17.3. The number of benzene rings is 2. The zero-order chi connectivity index (χ0) is 17.0. The Bertz CT molecular complexity index is 807. The van der Waals surface area contributed by atoms with Crippen molar-refractivity contribution in [3.05, 3.63) is 73.2 Å². The van der Waals surface area contributed by atoms with Crippen LogP contribution in [0.25, 0.3) is 6.08 Å². The topological polar surface area (TPSA) is 72.2 Å². The maximum absolute atomic E-state index is 11.9. The molecule has 0 spiro atoms. The molecule has 0 bridgehead atoms. The predicted molar refractivity (Wildman–Crippen MR) is 92.2 cm³/mol. The summed E-state index contributed by atoms with van der Waals surface area (Å²) in [5.41, 5.74) is 0.742. The first-order valence-electron chi connectivity index (χ1n) is 6.25. The number of hydrogen-bond donors (Lipinski definition) is 1. The molecule has 23 heavy (non-hydrogen) atoms. The van der Waals surface area contributed by atoms with Crippen LogP contribution in [-0.2, 0) is 4.79 Å². The first-order chi connectivity index (χ1) is 10.9. The highest BCUT2D eigenvalue weighted by Gasteiger charge is 2.10. The Labute approximate surface area is 146 Å². The van der Waals surface area contributed by atoms with Gasteiger partial charge in [-0.05, 0) is 29.8 Å². The van der Waals surface area contributed by atoms with E-state index in [1.807, 2.05) is 0 Å². The number of hydrogen-bond acceptors (Lipinski definition) is 3. The van der Waals surface area contributed by atoms with Gasteiger partial charge in [-0.3, -0.25) is 14.9 Å². The van der Waals surface area contributed by atoms with E-state index in [1.54, 1.807) is 18.2 Å². The quantitative estimate of drug-likeness (QED) is 0.456. The van der Waals surface area contributed by atoms with Crippen LogP contribution in [0.5, 0.6) is 0 Å². The summed E-state index contributed by atoms with van der Waals surface area (Å²) in [6, 6.07) is 8.67. The zero-order valence-corrected chi connectivity index (χ0v) is 13.7. The minimum absolute atomic E-state index is 0.0745. The van der Waals surface area contributed by atoms with Crippen molar-refractivity contribution in [1.82, 2.24) is 0 Å². The van der Waals surface area contributed by atoms with Gasteiger partial charge in [0.15, 0.2) is 0 Å². The molecule has 1 amide bonds. The fourth-order valence-corrected chi connectivity index (χ4v) is 2.39. The SMILES string of the molecule is O=C(C=Cc1ccc(Cl)cc1Cl)Nc1ccc([N+](=O)[O-])cc1Cl. The minimum Gasteiger partial charge on any atom is -0.321 e. The van der Waals surface area contributed by atoms with Gasteiger partial charge in [0.25, 0.3) is 5.69 Å². The van der Waals surface area contributed by atoms with Crippen molar-refractivity contribution in [3.63, 3.8) is 0 Å². The summed E-state index contributed by atoms with van der Waals surface area (Å²) in [4.78, 5) is 21.9. The molecule has 2 aromatic carbocycles. The van der Waals surface area contributed by atoms with E-state index >= 15 is 0 Å².